The van der Waals surface area contributed by atoms with Crippen LogP contribution in [0.25, 0.3) is 17.4 Å². The number of aromatic nitrogens is 1. The molecule has 42 heavy (non-hydrogen) atoms. The minimum atomic E-state index is -0.816. The number of rotatable bonds is 10. The van der Waals surface area contributed by atoms with Crippen molar-refractivity contribution in [2.75, 3.05) is 26.9 Å². The van der Waals surface area contributed by atoms with Gasteiger partial charge in [0, 0.05) is 29.3 Å². The van der Waals surface area contributed by atoms with Crippen LogP contribution in [0.1, 0.15) is 37.6 Å². The quantitative estimate of drug-likeness (QED) is 0.164. The van der Waals surface area contributed by atoms with Crippen molar-refractivity contribution in [3.05, 3.63) is 107 Å². The number of hydrogen-bond acceptors (Lipinski definition) is 8. The average Bonchev–Trinajstić information content (AvgIpc) is 3.56. The van der Waals surface area contributed by atoms with Crippen LogP contribution in [0.2, 0.25) is 10.0 Å². The molecular weight excluding hydrogens is 599 g/mol. The summed E-state index contributed by atoms with van der Waals surface area (Å²) in [6.07, 6.45) is 2.45. The Labute approximate surface area is 256 Å². The van der Waals surface area contributed by atoms with Gasteiger partial charge in [0.1, 0.15) is 29.9 Å². The van der Waals surface area contributed by atoms with E-state index in [9.17, 15) is 9.59 Å². The van der Waals surface area contributed by atoms with E-state index in [4.69, 9.17) is 41.8 Å². The molecule has 0 unspecified atom stereocenters. The van der Waals surface area contributed by atoms with Crippen molar-refractivity contribution < 1.29 is 23.4 Å². The lowest BCUT2D eigenvalue weighted by molar-refractivity contribution is -0.140. The molecule has 8 nitrogen and oxygen atoms in total. The number of fused-ring (bicyclic) bond motifs is 1. The van der Waals surface area contributed by atoms with Crippen molar-refractivity contribution in [3.8, 4) is 17.1 Å². The molecule has 0 N–H and O–H groups in total. The zero-order chi connectivity index (χ0) is 29.8. The van der Waals surface area contributed by atoms with Crippen LogP contribution in [0.5, 0.6) is 5.75 Å². The number of ether oxygens (including phenoxy) is 3. The van der Waals surface area contributed by atoms with Crippen molar-refractivity contribution in [2.24, 2.45) is 4.99 Å². The maximum absolute atomic E-state index is 14.0. The summed E-state index contributed by atoms with van der Waals surface area (Å²) in [6, 6.07) is 15.2. The molecule has 0 fully saturated rings. The number of nitrogens with zero attached hydrogens (tertiary/aromatic N) is 2. The lowest BCUT2D eigenvalue weighted by atomic mass is 9.95. The van der Waals surface area contributed by atoms with E-state index >= 15 is 0 Å². The summed E-state index contributed by atoms with van der Waals surface area (Å²) in [5, 5.41) is 1.01. The van der Waals surface area contributed by atoms with E-state index in [0.717, 1.165) is 6.42 Å². The van der Waals surface area contributed by atoms with E-state index in [1.54, 1.807) is 43.3 Å². The maximum Gasteiger partial charge on any atom is 0.338 e. The van der Waals surface area contributed by atoms with E-state index in [-0.39, 0.29) is 24.3 Å². The predicted molar refractivity (Wildman–Crippen MR) is 163 cm³/mol. The minimum Gasteiger partial charge on any atom is -0.493 e. The second-order valence-corrected chi connectivity index (χ2v) is 11.3. The second kappa shape index (κ2) is 13.1. The normalized spacial score (nSPS) is 15.0. The minimum absolute atomic E-state index is 0.0642. The number of allylic oxidation sites excluding steroid dienone is 1. The van der Waals surface area contributed by atoms with E-state index in [2.05, 4.69) is 4.99 Å². The number of halogens is 2. The summed E-state index contributed by atoms with van der Waals surface area (Å²) < 4.78 is 24.5. The summed E-state index contributed by atoms with van der Waals surface area (Å²) in [7, 11) is 1.53. The topological polar surface area (TPSA) is 92.3 Å². The van der Waals surface area contributed by atoms with Gasteiger partial charge < -0.3 is 18.6 Å². The highest BCUT2D eigenvalue weighted by Crippen LogP contribution is 2.36. The molecule has 1 atom stereocenters. The van der Waals surface area contributed by atoms with Crippen molar-refractivity contribution >= 4 is 46.6 Å². The number of hydrogen-bond donors (Lipinski definition) is 0. The zero-order valence-electron chi connectivity index (χ0n) is 23.2. The average molecular weight is 628 g/mol. The Morgan fingerprint density at radius 1 is 1.12 bits per heavy atom. The van der Waals surface area contributed by atoms with Gasteiger partial charge in [0.05, 0.1) is 34.0 Å². The predicted octanol–water partition coefficient (Wildman–Crippen LogP) is 5.78. The van der Waals surface area contributed by atoms with Crippen molar-refractivity contribution in [1.29, 1.82) is 0 Å². The fourth-order valence-electron chi connectivity index (χ4n) is 4.61. The number of para-hydroxylation sites is 1. The number of esters is 1. The summed E-state index contributed by atoms with van der Waals surface area (Å²) in [5.41, 5.74) is 1.68. The molecule has 2 aromatic heterocycles. The Hall–Kier alpha value is -3.63. The van der Waals surface area contributed by atoms with E-state index in [1.165, 1.54) is 23.0 Å². The van der Waals surface area contributed by atoms with Gasteiger partial charge in [0.15, 0.2) is 4.80 Å². The Bertz CT molecular complexity index is 1840. The van der Waals surface area contributed by atoms with Crippen molar-refractivity contribution in [2.45, 2.75) is 26.3 Å². The van der Waals surface area contributed by atoms with Gasteiger partial charge in [-0.3, -0.25) is 9.36 Å². The highest BCUT2D eigenvalue weighted by Gasteiger charge is 2.35. The highest BCUT2D eigenvalue weighted by molar-refractivity contribution is 7.07. The highest BCUT2D eigenvalue weighted by atomic mass is 35.5. The van der Waals surface area contributed by atoms with Crippen LogP contribution in [-0.4, -0.2) is 37.5 Å². The van der Waals surface area contributed by atoms with Crippen molar-refractivity contribution in [1.82, 2.24) is 4.57 Å². The largest absolute Gasteiger partial charge is 0.493 e. The number of carbonyl (C=O) groups is 1. The summed E-state index contributed by atoms with van der Waals surface area (Å²) in [5.74, 6) is 0.958. The third kappa shape index (κ3) is 6.10. The van der Waals surface area contributed by atoms with Gasteiger partial charge in [-0.15, -0.1) is 0 Å². The van der Waals surface area contributed by atoms with Crippen LogP contribution in [0, 0.1) is 0 Å². The molecule has 218 valence electrons. The first kappa shape index (κ1) is 29.8. The van der Waals surface area contributed by atoms with Gasteiger partial charge in [-0.2, -0.15) is 0 Å². The Morgan fingerprint density at radius 2 is 1.93 bits per heavy atom. The van der Waals surface area contributed by atoms with Crippen molar-refractivity contribution in [3.63, 3.8) is 0 Å². The molecule has 0 radical (unpaired) electrons. The van der Waals surface area contributed by atoms with E-state index in [1.807, 2.05) is 31.2 Å². The molecule has 3 heterocycles. The van der Waals surface area contributed by atoms with Crippen LogP contribution in [-0.2, 0) is 14.3 Å². The maximum atomic E-state index is 14.0. The molecule has 0 saturated heterocycles. The number of methoxy groups -OCH3 is 1. The van der Waals surface area contributed by atoms with Crippen LogP contribution < -0.4 is 19.6 Å². The number of thiazole rings is 1. The molecule has 0 spiro atoms. The molecule has 0 amide bonds. The van der Waals surface area contributed by atoms with E-state index < -0.39 is 12.0 Å². The summed E-state index contributed by atoms with van der Waals surface area (Å²) in [6.45, 7) is 4.53. The van der Waals surface area contributed by atoms with Crippen LogP contribution in [0.4, 0.5) is 0 Å². The molecule has 5 rings (SSSR count). The molecule has 4 aromatic rings. The van der Waals surface area contributed by atoms with Gasteiger partial charge in [-0.05, 0) is 49.7 Å². The zero-order valence-corrected chi connectivity index (χ0v) is 25.5. The lowest BCUT2D eigenvalue weighted by Crippen LogP contribution is -2.40. The van der Waals surface area contributed by atoms with Gasteiger partial charge in [0.2, 0.25) is 0 Å². The van der Waals surface area contributed by atoms with Gasteiger partial charge >= 0.3 is 5.97 Å². The molecule has 0 aliphatic carbocycles. The SMILES string of the molecule is CCCOc1ccccc1[C@H]1C(C(=O)OCCOC)=C(C)N=c2s/c(=C/c3ccc(-c4cc(Cl)ccc4Cl)o3)c(=O)n21. The molecular formula is C31H28Cl2N2O6S. The van der Waals surface area contributed by atoms with Crippen LogP contribution in [0.3, 0.4) is 0 Å². The molecule has 11 heteroatoms. The van der Waals surface area contributed by atoms with Gasteiger partial charge in [0.25, 0.3) is 5.56 Å². The number of carbonyl (C=O) groups excluding carboxylic acids is 1. The summed E-state index contributed by atoms with van der Waals surface area (Å²) in [4.78, 5) is 32.5. The summed E-state index contributed by atoms with van der Waals surface area (Å²) >= 11 is 13.7. The van der Waals surface area contributed by atoms with E-state index in [0.29, 0.717) is 60.1 Å². The number of furan rings is 1. The smallest absolute Gasteiger partial charge is 0.338 e. The lowest BCUT2D eigenvalue weighted by Gasteiger charge is -2.26. The fraction of sp³-hybridized carbons (Fsp3) is 0.258. The molecule has 2 aromatic carbocycles. The molecule has 0 saturated carbocycles. The number of benzene rings is 2. The van der Waals surface area contributed by atoms with Gasteiger partial charge in [-0.1, -0.05) is 59.7 Å². The van der Waals surface area contributed by atoms with Gasteiger partial charge in [-0.25, -0.2) is 9.79 Å². The molecule has 1 aliphatic rings. The second-order valence-electron chi connectivity index (χ2n) is 9.42. The monoisotopic (exact) mass is 626 g/mol. The standard InChI is InChI=1S/C31H28Cl2N2O6S/c1-4-13-39-24-8-6-5-7-21(24)28-27(30(37)40-15-14-38-3)18(2)34-31-35(28)29(36)26(42-31)17-20-10-12-25(41-20)22-16-19(32)9-11-23(22)33/h5-12,16-17,28H,4,13-15H2,1-3H3/b26-17+/t28-/m0/s1. The Morgan fingerprint density at radius 3 is 2.71 bits per heavy atom. The van der Waals surface area contributed by atoms with Crippen LogP contribution >= 0.6 is 34.5 Å². The Kier molecular flexibility index (Phi) is 9.33. The fourth-order valence-corrected chi connectivity index (χ4v) is 6.02. The third-order valence-electron chi connectivity index (χ3n) is 6.53. The first-order chi connectivity index (χ1) is 20.3. The first-order valence-corrected chi connectivity index (χ1v) is 14.8. The first-order valence-electron chi connectivity index (χ1n) is 13.3. The molecule has 0 bridgehead atoms. The van der Waals surface area contributed by atoms with Crippen LogP contribution in [0.15, 0.2) is 80.1 Å². The Balaban J connectivity index is 1.63. The third-order valence-corrected chi connectivity index (χ3v) is 8.08. The molecule has 1 aliphatic heterocycles.